The normalized spacial score (nSPS) is 10.4. The molecule has 0 unspecified atom stereocenters. The second-order valence-corrected chi connectivity index (χ2v) is 5.16. The largest absolute Gasteiger partial charge is 0.491 e. The smallest absolute Gasteiger partial charge is 0.147 e. The quantitative estimate of drug-likeness (QED) is 0.609. The van der Waals surface area contributed by atoms with E-state index in [1.165, 1.54) is 0 Å². The van der Waals surface area contributed by atoms with Crippen molar-refractivity contribution in [1.82, 2.24) is 0 Å². The van der Waals surface area contributed by atoms with Gasteiger partial charge in [-0.3, -0.25) is 0 Å². The number of hydrogen-bond donors (Lipinski definition) is 2. The number of benzene rings is 1. The number of nitrogens with two attached hydrogens (primary N) is 1. The first-order valence-corrected chi connectivity index (χ1v) is 6.72. The van der Waals surface area contributed by atoms with E-state index in [1.807, 2.05) is 12.1 Å². The van der Waals surface area contributed by atoms with Crippen LogP contribution in [0.15, 0.2) is 21.1 Å². The third-order valence-corrected chi connectivity index (χ3v) is 3.25. The zero-order valence-electron chi connectivity index (χ0n) is 8.88. The van der Waals surface area contributed by atoms with Crippen LogP contribution in [0.4, 0.5) is 5.69 Å². The lowest BCUT2D eigenvalue weighted by molar-refractivity contribution is 0.265. The van der Waals surface area contributed by atoms with Gasteiger partial charge in [-0.05, 0) is 63.3 Å². The van der Waals surface area contributed by atoms with Crippen LogP contribution in [0.1, 0.15) is 19.3 Å². The minimum absolute atomic E-state index is 0.245. The fourth-order valence-corrected chi connectivity index (χ4v) is 2.73. The maximum Gasteiger partial charge on any atom is 0.147 e. The molecule has 0 heterocycles. The fraction of sp³-hybridized carbons (Fsp3) is 0.455. The average Bonchev–Trinajstić information content (AvgIpc) is 2.20. The molecule has 0 saturated carbocycles. The van der Waals surface area contributed by atoms with Gasteiger partial charge in [-0.1, -0.05) is 0 Å². The van der Waals surface area contributed by atoms with Crippen molar-refractivity contribution in [3.05, 3.63) is 21.1 Å². The van der Waals surface area contributed by atoms with Crippen LogP contribution in [0.5, 0.6) is 5.75 Å². The van der Waals surface area contributed by atoms with Gasteiger partial charge in [-0.15, -0.1) is 0 Å². The maximum absolute atomic E-state index is 8.63. The number of aliphatic hydroxyl groups excluding tert-OH is 1. The van der Waals surface area contributed by atoms with Crippen LogP contribution in [0.2, 0.25) is 0 Å². The molecule has 0 aliphatic rings. The predicted octanol–water partition coefficient (Wildman–Crippen LogP) is 3.34. The molecule has 0 fully saturated rings. The first kappa shape index (κ1) is 13.8. The number of hydrogen-bond acceptors (Lipinski definition) is 3. The Morgan fingerprint density at radius 3 is 2.31 bits per heavy atom. The summed E-state index contributed by atoms with van der Waals surface area (Å²) in [5.41, 5.74) is 6.37. The number of ether oxygens (including phenoxy) is 1. The summed E-state index contributed by atoms with van der Waals surface area (Å²) in [5.74, 6) is 0.776. The molecule has 90 valence electrons. The van der Waals surface area contributed by atoms with Gasteiger partial charge in [-0.25, -0.2) is 0 Å². The number of unbranched alkanes of at least 4 members (excludes halogenated alkanes) is 2. The highest BCUT2D eigenvalue weighted by atomic mass is 79.9. The molecule has 1 rings (SSSR count). The summed E-state index contributed by atoms with van der Waals surface area (Å²) < 4.78 is 7.34. The second kappa shape index (κ2) is 7.14. The number of nitrogen functional groups attached to an aromatic ring is 1. The van der Waals surface area contributed by atoms with Crippen molar-refractivity contribution in [2.75, 3.05) is 18.9 Å². The number of aliphatic hydroxyl groups is 1. The molecule has 0 aliphatic heterocycles. The summed E-state index contributed by atoms with van der Waals surface area (Å²) in [6.07, 6.45) is 2.73. The molecule has 1 aromatic rings. The molecule has 0 bridgehead atoms. The van der Waals surface area contributed by atoms with Crippen molar-refractivity contribution in [3.63, 3.8) is 0 Å². The minimum atomic E-state index is 0.245. The van der Waals surface area contributed by atoms with Gasteiger partial charge < -0.3 is 15.6 Å². The second-order valence-electron chi connectivity index (χ2n) is 3.45. The zero-order chi connectivity index (χ0) is 12.0. The maximum atomic E-state index is 8.63. The highest BCUT2D eigenvalue weighted by molar-refractivity contribution is 9.11. The van der Waals surface area contributed by atoms with Gasteiger partial charge in [-0.2, -0.15) is 0 Å². The third kappa shape index (κ3) is 4.31. The zero-order valence-corrected chi connectivity index (χ0v) is 12.1. The molecule has 0 radical (unpaired) electrons. The SMILES string of the molecule is Nc1cc(Br)c(OCCCCCO)c(Br)c1. The number of halogens is 2. The van der Waals surface area contributed by atoms with E-state index in [4.69, 9.17) is 15.6 Å². The first-order chi connectivity index (χ1) is 7.65. The molecule has 5 heteroatoms. The van der Waals surface area contributed by atoms with Crippen molar-refractivity contribution in [3.8, 4) is 5.75 Å². The summed E-state index contributed by atoms with van der Waals surface area (Å²) >= 11 is 6.81. The molecule has 0 spiro atoms. The van der Waals surface area contributed by atoms with Crippen LogP contribution in [0, 0.1) is 0 Å². The lowest BCUT2D eigenvalue weighted by Gasteiger charge is -2.10. The number of rotatable bonds is 6. The van der Waals surface area contributed by atoms with Gasteiger partial charge >= 0.3 is 0 Å². The fourth-order valence-electron chi connectivity index (χ4n) is 1.28. The summed E-state index contributed by atoms with van der Waals surface area (Å²) in [5, 5.41) is 8.63. The third-order valence-electron chi connectivity index (χ3n) is 2.07. The molecule has 1 aromatic carbocycles. The van der Waals surface area contributed by atoms with Crippen LogP contribution >= 0.6 is 31.9 Å². The minimum Gasteiger partial charge on any atom is -0.491 e. The molecule has 16 heavy (non-hydrogen) atoms. The van der Waals surface area contributed by atoms with Crippen molar-refractivity contribution >= 4 is 37.5 Å². The average molecular weight is 353 g/mol. The van der Waals surface area contributed by atoms with Crippen LogP contribution < -0.4 is 10.5 Å². The number of anilines is 1. The Kier molecular flexibility index (Phi) is 6.16. The van der Waals surface area contributed by atoms with E-state index in [2.05, 4.69) is 31.9 Å². The molecular formula is C11H15Br2NO2. The Morgan fingerprint density at radius 2 is 1.75 bits per heavy atom. The molecule has 0 aliphatic carbocycles. The highest BCUT2D eigenvalue weighted by Crippen LogP contribution is 2.35. The van der Waals surface area contributed by atoms with Crippen molar-refractivity contribution in [2.24, 2.45) is 0 Å². The van der Waals surface area contributed by atoms with Crippen molar-refractivity contribution in [1.29, 1.82) is 0 Å². The standard InChI is InChI=1S/C11H15Br2NO2/c12-9-6-8(14)7-10(13)11(9)16-5-3-1-2-4-15/h6-7,15H,1-5,14H2. The molecule has 0 amide bonds. The first-order valence-electron chi connectivity index (χ1n) is 5.13. The summed E-state index contributed by atoms with van der Waals surface area (Å²) in [6, 6.07) is 3.63. The van der Waals surface area contributed by atoms with Gasteiger partial charge in [0, 0.05) is 12.3 Å². The van der Waals surface area contributed by atoms with Gasteiger partial charge in [0.05, 0.1) is 15.6 Å². The van der Waals surface area contributed by atoms with Crippen molar-refractivity contribution in [2.45, 2.75) is 19.3 Å². The Balaban J connectivity index is 2.47. The molecule has 3 nitrogen and oxygen atoms in total. The molecule has 0 saturated heterocycles. The van der Waals surface area contributed by atoms with Crippen LogP contribution in [-0.2, 0) is 0 Å². The Morgan fingerprint density at radius 1 is 1.12 bits per heavy atom. The van der Waals surface area contributed by atoms with Gasteiger partial charge in [0.25, 0.3) is 0 Å². The van der Waals surface area contributed by atoms with E-state index in [0.29, 0.717) is 12.3 Å². The van der Waals surface area contributed by atoms with Crippen LogP contribution in [-0.4, -0.2) is 18.3 Å². The monoisotopic (exact) mass is 351 g/mol. The Bertz CT molecular complexity index is 322. The van der Waals surface area contributed by atoms with Gasteiger partial charge in [0.15, 0.2) is 0 Å². The van der Waals surface area contributed by atoms with E-state index in [0.717, 1.165) is 34.0 Å². The Labute approximate surface area is 112 Å². The van der Waals surface area contributed by atoms with Crippen LogP contribution in [0.3, 0.4) is 0 Å². The molecule has 0 atom stereocenters. The molecule has 0 aromatic heterocycles. The van der Waals surface area contributed by atoms with E-state index in [-0.39, 0.29) is 6.61 Å². The predicted molar refractivity (Wildman–Crippen MR) is 72.7 cm³/mol. The Hall–Kier alpha value is -0.260. The van der Waals surface area contributed by atoms with Gasteiger partial charge in [0.2, 0.25) is 0 Å². The van der Waals surface area contributed by atoms with E-state index >= 15 is 0 Å². The summed E-state index contributed by atoms with van der Waals surface area (Å²) in [6.45, 7) is 0.885. The lowest BCUT2D eigenvalue weighted by Crippen LogP contribution is -2.00. The van der Waals surface area contributed by atoms with E-state index in [9.17, 15) is 0 Å². The van der Waals surface area contributed by atoms with Crippen LogP contribution in [0.25, 0.3) is 0 Å². The van der Waals surface area contributed by atoms with Crippen molar-refractivity contribution < 1.29 is 9.84 Å². The summed E-state index contributed by atoms with van der Waals surface area (Å²) in [4.78, 5) is 0. The topological polar surface area (TPSA) is 55.5 Å². The van der Waals surface area contributed by atoms with E-state index < -0.39 is 0 Å². The summed E-state index contributed by atoms with van der Waals surface area (Å²) in [7, 11) is 0. The molecular weight excluding hydrogens is 338 g/mol. The molecule has 3 N–H and O–H groups in total. The van der Waals surface area contributed by atoms with E-state index in [1.54, 1.807) is 0 Å². The van der Waals surface area contributed by atoms with Gasteiger partial charge in [0.1, 0.15) is 5.75 Å². The highest BCUT2D eigenvalue weighted by Gasteiger charge is 2.07. The lowest BCUT2D eigenvalue weighted by atomic mass is 10.2.